The van der Waals surface area contributed by atoms with Gasteiger partial charge in [-0.05, 0) is 62.7 Å². The van der Waals surface area contributed by atoms with Crippen LogP contribution in [0.25, 0.3) is 10.9 Å². The van der Waals surface area contributed by atoms with Crippen molar-refractivity contribution in [3.8, 4) is 5.75 Å². The van der Waals surface area contributed by atoms with E-state index in [-0.39, 0.29) is 17.4 Å². The van der Waals surface area contributed by atoms with Gasteiger partial charge in [0.05, 0.1) is 30.0 Å². The fourth-order valence-electron chi connectivity index (χ4n) is 4.19. The summed E-state index contributed by atoms with van der Waals surface area (Å²) in [5.41, 5.74) is 2.56. The van der Waals surface area contributed by atoms with Crippen molar-refractivity contribution in [3.05, 3.63) is 58.4 Å². The number of rotatable bonds is 7. The third kappa shape index (κ3) is 4.33. The van der Waals surface area contributed by atoms with E-state index in [0.29, 0.717) is 42.9 Å². The first kappa shape index (κ1) is 22.2. The maximum atomic E-state index is 15.2. The van der Waals surface area contributed by atoms with Gasteiger partial charge in [-0.2, -0.15) is 0 Å². The van der Waals surface area contributed by atoms with Crippen LogP contribution >= 0.6 is 0 Å². The summed E-state index contributed by atoms with van der Waals surface area (Å²) in [5.74, 6) is -0.237. The van der Waals surface area contributed by atoms with Crippen LogP contribution in [0, 0.1) is 12.7 Å². The maximum Gasteiger partial charge on any atom is 0.261 e. The summed E-state index contributed by atoms with van der Waals surface area (Å²) in [4.78, 5) is 19.7. The van der Waals surface area contributed by atoms with Crippen molar-refractivity contribution in [1.29, 1.82) is 0 Å². The van der Waals surface area contributed by atoms with E-state index in [0.717, 1.165) is 24.1 Å². The zero-order chi connectivity index (χ0) is 22.7. The predicted molar refractivity (Wildman–Crippen MR) is 124 cm³/mol. The van der Waals surface area contributed by atoms with E-state index in [1.807, 2.05) is 37.1 Å². The summed E-state index contributed by atoms with van der Waals surface area (Å²) in [6, 6.07) is 9.04. The number of halogens is 1. The number of methoxy groups -OCH3 is 1. The number of likely N-dealkylation sites (N-methyl/N-ethyl adjacent to an activating group) is 1. The third-order valence-electron chi connectivity index (χ3n) is 5.92. The van der Waals surface area contributed by atoms with Gasteiger partial charge in [0.15, 0.2) is 11.6 Å². The van der Waals surface area contributed by atoms with E-state index >= 15 is 4.39 Å². The van der Waals surface area contributed by atoms with Gasteiger partial charge in [0.25, 0.3) is 5.56 Å². The molecule has 0 spiro atoms. The quantitative estimate of drug-likeness (QED) is 0.606. The largest absolute Gasteiger partial charge is 0.494 e. The molecule has 0 aliphatic carbocycles. The molecule has 7 nitrogen and oxygen atoms in total. The minimum absolute atomic E-state index is 0.0793. The predicted octanol–water partition coefficient (Wildman–Crippen LogP) is 3.56. The van der Waals surface area contributed by atoms with Crippen LogP contribution in [0.5, 0.6) is 5.75 Å². The van der Waals surface area contributed by atoms with E-state index in [1.165, 1.54) is 7.11 Å². The molecular formula is C24H29FN4O3. The molecule has 0 unspecified atom stereocenters. The Hall–Kier alpha value is -2.97. The van der Waals surface area contributed by atoms with Gasteiger partial charge < -0.3 is 19.7 Å². The Morgan fingerprint density at radius 3 is 2.78 bits per heavy atom. The molecule has 1 aliphatic rings. The minimum Gasteiger partial charge on any atom is -0.494 e. The van der Waals surface area contributed by atoms with Gasteiger partial charge in [0.1, 0.15) is 0 Å². The van der Waals surface area contributed by atoms with Gasteiger partial charge in [-0.1, -0.05) is 0 Å². The topological polar surface area (TPSA) is 68.6 Å². The Labute approximate surface area is 186 Å². The maximum absolute atomic E-state index is 15.2. The first-order valence-electron chi connectivity index (χ1n) is 10.9. The summed E-state index contributed by atoms with van der Waals surface area (Å²) in [6.07, 6.45) is 3.20. The molecule has 2 aromatic carbocycles. The highest BCUT2D eigenvalue weighted by molar-refractivity contribution is 5.83. The van der Waals surface area contributed by atoms with Crippen molar-refractivity contribution in [2.24, 2.45) is 0 Å². The third-order valence-corrected chi connectivity index (χ3v) is 5.92. The fraction of sp³-hybridized carbons (Fsp3) is 0.417. The van der Waals surface area contributed by atoms with Crippen LogP contribution in [-0.2, 0) is 4.74 Å². The van der Waals surface area contributed by atoms with Crippen LogP contribution in [-0.4, -0.2) is 50.0 Å². The molecule has 4 rings (SSSR count). The van der Waals surface area contributed by atoms with Crippen molar-refractivity contribution in [1.82, 2.24) is 14.9 Å². The highest BCUT2D eigenvalue weighted by Gasteiger charge is 2.21. The summed E-state index contributed by atoms with van der Waals surface area (Å²) in [5, 5.41) is 3.64. The molecule has 32 heavy (non-hydrogen) atoms. The van der Waals surface area contributed by atoms with Gasteiger partial charge in [-0.3, -0.25) is 9.36 Å². The molecule has 8 heteroatoms. The molecule has 0 atom stereocenters. The number of fused-ring (bicyclic) bond motifs is 1. The van der Waals surface area contributed by atoms with Crippen molar-refractivity contribution >= 4 is 22.3 Å². The second-order valence-electron chi connectivity index (χ2n) is 8.06. The molecule has 0 amide bonds. The number of nitrogens with one attached hydrogen (secondary N) is 1. The van der Waals surface area contributed by atoms with Crippen molar-refractivity contribution < 1.29 is 13.9 Å². The van der Waals surface area contributed by atoms with Crippen molar-refractivity contribution in [3.63, 3.8) is 0 Å². The number of benzene rings is 2. The second-order valence-corrected chi connectivity index (χ2v) is 8.06. The van der Waals surface area contributed by atoms with Crippen LogP contribution in [0.1, 0.15) is 24.4 Å². The number of hydrogen-bond acceptors (Lipinski definition) is 6. The van der Waals surface area contributed by atoms with Gasteiger partial charge in [-0.15, -0.1) is 0 Å². The first-order chi connectivity index (χ1) is 15.5. The van der Waals surface area contributed by atoms with E-state index in [1.54, 1.807) is 23.0 Å². The zero-order valence-electron chi connectivity index (χ0n) is 18.7. The van der Waals surface area contributed by atoms with E-state index in [9.17, 15) is 4.79 Å². The second kappa shape index (κ2) is 9.67. The standard InChI is InChI=1S/C24H29FN4O3/c1-16-12-21(23(25)22(13-16)31-3)28(9-8-26-2)18-4-5-20-19(14-18)24(30)29(15-27-20)17-6-10-32-11-7-17/h4-5,12-15,17,26H,6-11H2,1-3H3. The summed E-state index contributed by atoms with van der Waals surface area (Å²) in [7, 11) is 3.31. The van der Waals surface area contributed by atoms with Crippen LogP contribution in [0.15, 0.2) is 41.5 Å². The Bertz CT molecular complexity index is 1160. The van der Waals surface area contributed by atoms with Gasteiger partial charge >= 0.3 is 0 Å². The Kier molecular flexibility index (Phi) is 6.72. The molecule has 1 aromatic heterocycles. The Morgan fingerprint density at radius 1 is 1.28 bits per heavy atom. The van der Waals surface area contributed by atoms with Crippen LogP contribution in [0.3, 0.4) is 0 Å². The molecular weight excluding hydrogens is 411 g/mol. The molecule has 0 saturated carbocycles. The zero-order valence-corrected chi connectivity index (χ0v) is 18.7. The SMILES string of the molecule is CNCCN(c1ccc2ncn(C3CCOCC3)c(=O)c2c1)c1cc(C)cc(OC)c1F. The van der Waals surface area contributed by atoms with Gasteiger partial charge in [0, 0.05) is 38.0 Å². The molecule has 2 heterocycles. The van der Waals surface area contributed by atoms with E-state index in [4.69, 9.17) is 9.47 Å². The lowest BCUT2D eigenvalue weighted by molar-refractivity contribution is 0.0685. The molecule has 0 bridgehead atoms. The minimum atomic E-state index is -0.430. The highest BCUT2D eigenvalue weighted by atomic mass is 19.1. The molecule has 1 N–H and O–H groups in total. The summed E-state index contributed by atoms with van der Waals surface area (Å²) in [6.45, 7) is 4.33. The number of ether oxygens (including phenoxy) is 2. The average molecular weight is 441 g/mol. The average Bonchev–Trinajstić information content (AvgIpc) is 2.82. The van der Waals surface area contributed by atoms with Gasteiger partial charge in [0.2, 0.25) is 0 Å². The molecule has 1 aliphatic heterocycles. The lowest BCUT2D eigenvalue weighted by Gasteiger charge is -2.27. The molecule has 3 aromatic rings. The smallest absolute Gasteiger partial charge is 0.261 e. The van der Waals surface area contributed by atoms with Crippen LogP contribution < -0.4 is 20.5 Å². The van der Waals surface area contributed by atoms with E-state index in [2.05, 4.69) is 10.3 Å². The monoisotopic (exact) mass is 440 g/mol. The molecule has 1 saturated heterocycles. The number of nitrogens with zero attached hydrogens (tertiary/aromatic N) is 3. The number of anilines is 2. The number of aromatic nitrogens is 2. The lowest BCUT2D eigenvalue weighted by Crippen LogP contribution is -2.30. The fourth-order valence-corrected chi connectivity index (χ4v) is 4.19. The lowest BCUT2D eigenvalue weighted by atomic mass is 10.1. The normalized spacial score (nSPS) is 14.6. The Balaban J connectivity index is 1.82. The molecule has 170 valence electrons. The van der Waals surface area contributed by atoms with Crippen molar-refractivity contribution in [2.45, 2.75) is 25.8 Å². The Morgan fingerprint density at radius 2 is 2.06 bits per heavy atom. The molecule has 0 radical (unpaired) electrons. The van der Waals surface area contributed by atoms with Crippen molar-refractivity contribution in [2.75, 3.05) is 45.4 Å². The first-order valence-corrected chi connectivity index (χ1v) is 10.9. The summed E-state index contributed by atoms with van der Waals surface area (Å²) < 4.78 is 27.6. The summed E-state index contributed by atoms with van der Waals surface area (Å²) >= 11 is 0. The van der Waals surface area contributed by atoms with E-state index < -0.39 is 5.82 Å². The van der Waals surface area contributed by atoms with Crippen LogP contribution in [0.2, 0.25) is 0 Å². The number of aryl methyl sites for hydroxylation is 1. The number of hydrogen-bond donors (Lipinski definition) is 1. The van der Waals surface area contributed by atoms with Crippen LogP contribution in [0.4, 0.5) is 15.8 Å². The highest BCUT2D eigenvalue weighted by Crippen LogP contribution is 2.34. The molecule has 1 fully saturated rings. The van der Waals surface area contributed by atoms with Gasteiger partial charge in [-0.25, -0.2) is 9.37 Å².